The predicted molar refractivity (Wildman–Crippen MR) is 141 cm³/mol. The SMILES string of the molecule is CCNC(=NCc1cc(Cl)c(OCC)c(OC)c1)NCCc1cccc(C(=O)NC)c1.I. The average molecular weight is 575 g/mol. The lowest BCUT2D eigenvalue weighted by Crippen LogP contribution is -2.38. The third kappa shape index (κ3) is 8.38. The lowest BCUT2D eigenvalue weighted by atomic mass is 10.1. The van der Waals surface area contributed by atoms with Gasteiger partial charge in [-0.25, -0.2) is 4.99 Å². The summed E-state index contributed by atoms with van der Waals surface area (Å²) in [6.07, 6.45) is 0.762. The van der Waals surface area contributed by atoms with E-state index in [-0.39, 0.29) is 29.9 Å². The van der Waals surface area contributed by atoms with Crippen LogP contribution >= 0.6 is 35.6 Å². The number of rotatable bonds is 10. The van der Waals surface area contributed by atoms with Crippen molar-refractivity contribution in [1.82, 2.24) is 16.0 Å². The summed E-state index contributed by atoms with van der Waals surface area (Å²) in [6, 6.07) is 11.3. The molecule has 0 radical (unpaired) electrons. The van der Waals surface area contributed by atoms with Crippen molar-refractivity contribution in [3.63, 3.8) is 0 Å². The van der Waals surface area contributed by atoms with Crippen LogP contribution in [0.3, 0.4) is 0 Å². The smallest absolute Gasteiger partial charge is 0.251 e. The van der Waals surface area contributed by atoms with Crippen molar-refractivity contribution >= 4 is 47.4 Å². The number of aliphatic imine (C=N–C) groups is 1. The van der Waals surface area contributed by atoms with Crippen molar-refractivity contribution in [2.24, 2.45) is 4.99 Å². The minimum atomic E-state index is -0.0887. The molecule has 0 saturated carbocycles. The van der Waals surface area contributed by atoms with E-state index >= 15 is 0 Å². The van der Waals surface area contributed by atoms with E-state index in [1.807, 2.05) is 44.2 Å². The molecule has 9 heteroatoms. The average Bonchev–Trinajstić information content (AvgIpc) is 2.78. The van der Waals surface area contributed by atoms with Crippen molar-refractivity contribution in [2.45, 2.75) is 26.8 Å². The van der Waals surface area contributed by atoms with Gasteiger partial charge in [0.2, 0.25) is 0 Å². The van der Waals surface area contributed by atoms with Crippen LogP contribution in [0.4, 0.5) is 0 Å². The summed E-state index contributed by atoms with van der Waals surface area (Å²) in [4.78, 5) is 16.4. The number of carbonyl (C=O) groups excluding carboxylic acids is 1. The number of nitrogens with zero attached hydrogens (tertiary/aromatic N) is 1. The van der Waals surface area contributed by atoms with Crippen LogP contribution in [0.1, 0.15) is 35.3 Å². The Balaban J connectivity index is 0.00000512. The second-order valence-corrected chi connectivity index (χ2v) is 7.10. The molecule has 0 fully saturated rings. The van der Waals surface area contributed by atoms with Crippen molar-refractivity contribution < 1.29 is 14.3 Å². The van der Waals surface area contributed by atoms with Crippen LogP contribution < -0.4 is 25.4 Å². The molecular formula is C23H32ClIN4O3. The predicted octanol–water partition coefficient (Wildman–Crippen LogP) is 4.02. The van der Waals surface area contributed by atoms with E-state index in [1.165, 1.54) is 0 Å². The molecule has 0 spiro atoms. The van der Waals surface area contributed by atoms with Gasteiger partial charge in [-0.15, -0.1) is 24.0 Å². The molecule has 0 bridgehead atoms. The molecule has 0 saturated heterocycles. The molecule has 2 rings (SSSR count). The van der Waals surface area contributed by atoms with Gasteiger partial charge in [-0.1, -0.05) is 23.7 Å². The normalized spacial score (nSPS) is 10.7. The highest BCUT2D eigenvalue weighted by molar-refractivity contribution is 14.0. The molecule has 1 amide bonds. The Morgan fingerprint density at radius 1 is 1.12 bits per heavy atom. The van der Waals surface area contributed by atoms with E-state index in [0.717, 1.165) is 24.1 Å². The number of amides is 1. The molecule has 3 N–H and O–H groups in total. The summed E-state index contributed by atoms with van der Waals surface area (Å²) in [5.74, 6) is 1.75. The summed E-state index contributed by atoms with van der Waals surface area (Å²) in [7, 11) is 3.22. The molecule has 0 heterocycles. The molecule has 0 aromatic heterocycles. The molecule has 2 aromatic carbocycles. The fourth-order valence-electron chi connectivity index (χ4n) is 3.00. The first-order chi connectivity index (χ1) is 15.0. The summed E-state index contributed by atoms with van der Waals surface area (Å²) in [5.41, 5.74) is 2.65. The number of methoxy groups -OCH3 is 1. The molecule has 32 heavy (non-hydrogen) atoms. The van der Waals surface area contributed by atoms with Crippen LogP contribution in [0, 0.1) is 0 Å². The summed E-state index contributed by atoms with van der Waals surface area (Å²) >= 11 is 6.35. The maximum absolute atomic E-state index is 11.8. The summed E-state index contributed by atoms with van der Waals surface area (Å²) in [6.45, 7) is 6.28. The fraction of sp³-hybridized carbons (Fsp3) is 0.391. The van der Waals surface area contributed by atoms with Crippen LogP contribution in [-0.4, -0.2) is 45.7 Å². The first-order valence-electron chi connectivity index (χ1n) is 10.3. The molecule has 0 aliphatic heterocycles. The number of hydrogen-bond acceptors (Lipinski definition) is 4. The van der Waals surface area contributed by atoms with Crippen LogP contribution in [0.25, 0.3) is 0 Å². The van der Waals surface area contributed by atoms with E-state index < -0.39 is 0 Å². The summed E-state index contributed by atoms with van der Waals surface area (Å²) in [5, 5.41) is 9.71. The highest BCUT2D eigenvalue weighted by Crippen LogP contribution is 2.36. The van der Waals surface area contributed by atoms with Gasteiger partial charge in [0.25, 0.3) is 5.91 Å². The van der Waals surface area contributed by atoms with Crippen molar-refractivity contribution in [3.8, 4) is 11.5 Å². The highest BCUT2D eigenvalue weighted by atomic mass is 127. The van der Waals surface area contributed by atoms with Gasteiger partial charge >= 0.3 is 0 Å². The number of nitrogens with one attached hydrogen (secondary N) is 3. The Morgan fingerprint density at radius 2 is 1.91 bits per heavy atom. The molecule has 7 nitrogen and oxygen atoms in total. The van der Waals surface area contributed by atoms with Gasteiger partial charge in [-0.2, -0.15) is 0 Å². The number of halogens is 2. The van der Waals surface area contributed by atoms with Gasteiger partial charge in [0.05, 0.1) is 25.3 Å². The van der Waals surface area contributed by atoms with Gasteiger partial charge in [-0.3, -0.25) is 4.79 Å². The number of benzene rings is 2. The Hall–Kier alpha value is -2.20. The molecule has 0 aliphatic carbocycles. The highest BCUT2D eigenvalue weighted by Gasteiger charge is 2.11. The molecule has 176 valence electrons. The van der Waals surface area contributed by atoms with E-state index in [2.05, 4.69) is 20.9 Å². The third-order valence-electron chi connectivity index (χ3n) is 4.46. The van der Waals surface area contributed by atoms with Crippen molar-refractivity contribution in [3.05, 3.63) is 58.1 Å². The van der Waals surface area contributed by atoms with Gasteiger partial charge in [0.15, 0.2) is 17.5 Å². The maximum atomic E-state index is 11.8. The molecule has 0 unspecified atom stereocenters. The number of carbonyl (C=O) groups is 1. The van der Waals surface area contributed by atoms with E-state index in [4.69, 9.17) is 21.1 Å². The second kappa shape index (κ2) is 14.8. The Kier molecular flexibility index (Phi) is 12.9. The van der Waals surface area contributed by atoms with Gasteiger partial charge in [0.1, 0.15) is 0 Å². The first kappa shape index (κ1) is 27.8. The Bertz CT molecular complexity index is 909. The maximum Gasteiger partial charge on any atom is 0.251 e. The van der Waals surface area contributed by atoms with Crippen LogP contribution in [0.5, 0.6) is 11.5 Å². The largest absolute Gasteiger partial charge is 0.493 e. The van der Waals surface area contributed by atoms with E-state index in [1.54, 1.807) is 20.2 Å². The van der Waals surface area contributed by atoms with Crippen LogP contribution in [0.15, 0.2) is 41.4 Å². The van der Waals surface area contributed by atoms with E-state index in [0.29, 0.717) is 47.7 Å². The Labute approximate surface area is 212 Å². The zero-order valence-corrected chi connectivity index (χ0v) is 22.0. The Morgan fingerprint density at radius 3 is 2.56 bits per heavy atom. The quantitative estimate of drug-likeness (QED) is 0.227. The molecule has 0 atom stereocenters. The monoisotopic (exact) mass is 574 g/mol. The van der Waals surface area contributed by atoms with Gasteiger partial charge < -0.3 is 25.4 Å². The first-order valence-corrected chi connectivity index (χ1v) is 10.7. The molecular weight excluding hydrogens is 543 g/mol. The standard InChI is InChI=1S/C23H31ClN4O3.HI/c1-5-26-23(27-11-10-16-8-7-9-18(12-16)22(29)25-3)28-15-17-13-19(24)21(31-6-2)20(14-17)30-4;/h7-9,12-14H,5-6,10-11,15H2,1-4H3,(H,25,29)(H2,26,27,28);1H. The van der Waals surface area contributed by atoms with Crippen LogP contribution in [-0.2, 0) is 13.0 Å². The number of ether oxygens (including phenoxy) is 2. The zero-order chi connectivity index (χ0) is 22.6. The lowest BCUT2D eigenvalue weighted by molar-refractivity contribution is 0.0963. The number of hydrogen-bond donors (Lipinski definition) is 3. The zero-order valence-electron chi connectivity index (χ0n) is 19.0. The minimum absolute atomic E-state index is 0. The van der Waals surface area contributed by atoms with Gasteiger partial charge in [0, 0.05) is 25.7 Å². The minimum Gasteiger partial charge on any atom is -0.493 e. The number of guanidine groups is 1. The third-order valence-corrected chi connectivity index (χ3v) is 4.74. The molecule has 0 aliphatic rings. The molecule has 2 aromatic rings. The summed E-state index contributed by atoms with van der Waals surface area (Å²) < 4.78 is 11.0. The lowest BCUT2D eigenvalue weighted by Gasteiger charge is -2.14. The van der Waals surface area contributed by atoms with Gasteiger partial charge in [-0.05, 0) is 55.7 Å². The van der Waals surface area contributed by atoms with E-state index in [9.17, 15) is 4.79 Å². The topological polar surface area (TPSA) is 84.0 Å². The van der Waals surface area contributed by atoms with Crippen molar-refractivity contribution in [1.29, 1.82) is 0 Å². The second-order valence-electron chi connectivity index (χ2n) is 6.69. The fourth-order valence-corrected chi connectivity index (χ4v) is 3.29. The van der Waals surface area contributed by atoms with Crippen molar-refractivity contribution in [2.75, 3.05) is 33.9 Å². The van der Waals surface area contributed by atoms with Crippen LogP contribution in [0.2, 0.25) is 5.02 Å².